The van der Waals surface area contributed by atoms with Crippen LogP contribution in [0.3, 0.4) is 0 Å². The molecule has 0 spiro atoms. The van der Waals surface area contributed by atoms with Crippen LogP contribution in [0.1, 0.15) is 29.8 Å². The molecule has 3 aromatic rings. The number of hydrogen-bond donors (Lipinski definition) is 2. The number of benzene rings is 1. The lowest BCUT2D eigenvalue weighted by atomic mass is 10.0. The Hall–Kier alpha value is -2.86. The van der Waals surface area contributed by atoms with Crippen LogP contribution in [0, 0.1) is 5.92 Å². The molecule has 26 heavy (non-hydrogen) atoms. The van der Waals surface area contributed by atoms with Gasteiger partial charge >= 0.3 is 0 Å². The third-order valence-corrected chi connectivity index (χ3v) is 4.99. The van der Waals surface area contributed by atoms with Crippen LogP contribution in [0.5, 0.6) is 0 Å². The van der Waals surface area contributed by atoms with Gasteiger partial charge in [0.25, 0.3) is 5.91 Å². The zero-order valence-corrected chi connectivity index (χ0v) is 14.5. The van der Waals surface area contributed by atoms with Gasteiger partial charge in [0.2, 0.25) is 0 Å². The van der Waals surface area contributed by atoms with Crippen molar-refractivity contribution in [2.24, 2.45) is 11.7 Å². The SMILES string of the molecule is NCC1CCCC1NC(=O)c1cc(-c2ccco2)nn1-c1ccccc1. The smallest absolute Gasteiger partial charge is 0.270 e. The van der Waals surface area contributed by atoms with Gasteiger partial charge in [-0.2, -0.15) is 5.10 Å². The van der Waals surface area contributed by atoms with E-state index < -0.39 is 0 Å². The molecule has 3 N–H and O–H groups in total. The number of nitrogens with zero attached hydrogens (tertiary/aromatic N) is 2. The maximum Gasteiger partial charge on any atom is 0.270 e. The van der Waals surface area contributed by atoms with E-state index in [-0.39, 0.29) is 11.9 Å². The Kier molecular flexibility index (Phi) is 4.58. The molecule has 2 unspecified atom stereocenters. The molecule has 0 saturated heterocycles. The van der Waals surface area contributed by atoms with Crippen LogP contribution in [-0.2, 0) is 0 Å². The fraction of sp³-hybridized carbons (Fsp3) is 0.300. The van der Waals surface area contributed by atoms with Gasteiger partial charge in [0.1, 0.15) is 11.4 Å². The third kappa shape index (κ3) is 3.15. The first-order valence-corrected chi connectivity index (χ1v) is 8.96. The zero-order chi connectivity index (χ0) is 17.9. The van der Waals surface area contributed by atoms with Crippen molar-refractivity contribution in [2.75, 3.05) is 6.54 Å². The minimum absolute atomic E-state index is 0.124. The van der Waals surface area contributed by atoms with Crippen molar-refractivity contribution in [1.29, 1.82) is 0 Å². The standard InChI is InChI=1S/C20H22N4O2/c21-13-14-6-4-9-16(14)22-20(25)18-12-17(19-10-5-11-26-19)23-24(18)15-7-2-1-3-8-15/h1-3,5,7-8,10-12,14,16H,4,6,9,13,21H2,(H,22,25). The van der Waals surface area contributed by atoms with Crippen molar-refractivity contribution in [1.82, 2.24) is 15.1 Å². The number of nitrogens with two attached hydrogens (primary N) is 1. The predicted octanol–water partition coefficient (Wildman–Crippen LogP) is 2.99. The summed E-state index contributed by atoms with van der Waals surface area (Å²) in [5, 5.41) is 7.75. The van der Waals surface area contributed by atoms with E-state index in [1.54, 1.807) is 23.1 Å². The van der Waals surface area contributed by atoms with Crippen LogP contribution in [-0.4, -0.2) is 28.3 Å². The van der Waals surface area contributed by atoms with Crippen LogP contribution in [0.15, 0.2) is 59.2 Å². The lowest BCUT2D eigenvalue weighted by Gasteiger charge is -2.19. The van der Waals surface area contributed by atoms with Crippen LogP contribution in [0.4, 0.5) is 0 Å². The van der Waals surface area contributed by atoms with Gasteiger partial charge < -0.3 is 15.5 Å². The Bertz CT molecular complexity index is 871. The molecule has 1 amide bonds. The molecule has 134 valence electrons. The Labute approximate surface area is 152 Å². The molecule has 1 aromatic carbocycles. The second-order valence-corrected chi connectivity index (χ2v) is 6.65. The molecule has 2 aromatic heterocycles. The minimum atomic E-state index is -0.135. The molecule has 4 rings (SSSR count). The van der Waals surface area contributed by atoms with Crippen molar-refractivity contribution in [3.05, 3.63) is 60.5 Å². The molecule has 2 atom stereocenters. The summed E-state index contributed by atoms with van der Waals surface area (Å²) in [7, 11) is 0. The molecule has 1 fully saturated rings. The van der Waals surface area contributed by atoms with Crippen LogP contribution in [0.2, 0.25) is 0 Å². The van der Waals surface area contributed by atoms with E-state index in [9.17, 15) is 4.79 Å². The topological polar surface area (TPSA) is 86.1 Å². The van der Waals surface area contributed by atoms with E-state index in [4.69, 9.17) is 10.2 Å². The quantitative estimate of drug-likeness (QED) is 0.741. The molecule has 6 heteroatoms. The zero-order valence-electron chi connectivity index (χ0n) is 14.5. The van der Waals surface area contributed by atoms with E-state index >= 15 is 0 Å². The Morgan fingerprint density at radius 3 is 2.81 bits per heavy atom. The summed E-state index contributed by atoms with van der Waals surface area (Å²) in [6.45, 7) is 0.598. The highest BCUT2D eigenvalue weighted by molar-refractivity contribution is 5.94. The summed E-state index contributed by atoms with van der Waals surface area (Å²) in [5.74, 6) is 0.843. The molecule has 1 aliphatic carbocycles. The van der Waals surface area contributed by atoms with Crippen LogP contribution in [0.25, 0.3) is 17.1 Å². The number of nitrogens with one attached hydrogen (secondary N) is 1. The number of carbonyl (C=O) groups excluding carboxylic acids is 1. The second kappa shape index (κ2) is 7.17. The summed E-state index contributed by atoms with van der Waals surface area (Å²) in [6, 6.07) is 15.2. The Morgan fingerprint density at radius 1 is 1.23 bits per heavy atom. The van der Waals surface area contributed by atoms with Gasteiger partial charge in [-0.25, -0.2) is 4.68 Å². The van der Waals surface area contributed by atoms with Crippen molar-refractivity contribution in [3.8, 4) is 17.1 Å². The maximum atomic E-state index is 13.0. The third-order valence-electron chi connectivity index (χ3n) is 4.99. The number of aromatic nitrogens is 2. The van der Waals surface area contributed by atoms with E-state index in [2.05, 4.69) is 10.4 Å². The summed E-state index contributed by atoms with van der Waals surface area (Å²) in [6.07, 6.45) is 4.73. The average molecular weight is 350 g/mol. The van der Waals surface area contributed by atoms with E-state index in [0.717, 1.165) is 24.9 Å². The molecule has 1 aliphatic rings. The highest BCUT2D eigenvalue weighted by Gasteiger charge is 2.29. The van der Waals surface area contributed by atoms with E-state index in [1.807, 2.05) is 36.4 Å². The normalized spacial score (nSPS) is 19.6. The second-order valence-electron chi connectivity index (χ2n) is 6.65. The fourth-order valence-corrected chi connectivity index (χ4v) is 3.60. The predicted molar refractivity (Wildman–Crippen MR) is 98.9 cm³/mol. The first kappa shape index (κ1) is 16.6. The highest BCUT2D eigenvalue weighted by atomic mass is 16.3. The molecule has 0 aliphatic heterocycles. The summed E-state index contributed by atoms with van der Waals surface area (Å²) in [5.41, 5.74) is 7.80. The van der Waals surface area contributed by atoms with Crippen molar-refractivity contribution < 1.29 is 9.21 Å². The van der Waals surface area contributed by atoms with Crippen LogP contribution >= 0.6 is 0 Å². The van der Waals surface area contributed by atoms with Gasteiger partial charge in [0.05, 0.1) is 12.0 Å². The molecular formula is C20H22N4O2. The lowest BCUT2D eigenvalue weighted by Crippen LogP contribution is -2.40. The largest absolute Gasteiger partial charge is 0.463 e. The lowest BCUT2D eigenvalue weighted by molar-refractivity contribution is 0.0921. The van der Waals surface area contributed by atoms with E-state index in [0.29, 0.717) is 29.6 Å². The van der Waals surface area contributed by atoms with Crippen molar-refractivity contribution in [2.45, 2.75) is 25.3 Å². The number of furan rings is 1. The van der Waals surface area contributed by atoms with Gasteiger partial charge in [-0.3, -0.25) is 4.79 Å². The van der Waals surface area contributed by atoms with Gasteiger partial charge in [0, 0.05) is 12.1 Å². The highest BCUT2D eigenvalue weighted by Crippen LogP contribution is 2.26. The summed E-state index contributed by atoms with van der Waals surface area (Å²) in [4.78, 5) is 13.0. The maximum absolute atomic E-state index is 13.0. The van der Waals surface area contributed by atoms with Gasteiger partial charge in [0.15, 0.2) is 5.76 Å². The number of amides is 1. The minimum Gasteiger partial charge on any atom is -0.463 e. The Balaban J connectivity index is 1.68. The first-order chi connectivity index (χ1) is 12.8. The molecule has 0 bridgehead atoms. The Morgan fingerprint density at radius 2 is 2.08 bits per heavy atom. The average Bonchev–Trinajstić information content (AvgIpc) is 3.41. The van der Waals surface area contributed by atoms with Gasteiger partial charge in [-0.1, -0.05) is 24.6 Å². The molecule has 6 nitrogen and oxygen atoms in total. The summed E-state index contributed by atoms with van der Waals surface area (Å²) >= 11 is 0. The number of rotatable bonds is 5. The molecule has 2 heterocycles. The summed E-state index contributed by atoms with van der Waals surface area (Å²) < 4.78 is 7.11. The molecule has 0 radical (unpaired) electrons. The number of hydrogen-bond acceptors (Lipinski definition) is 4. The number of carbonyl (C=O) groups is 1. The van der Waals surface area contributed by atoms with Gasteiger partial charge in [-0.15, -0.1) is 0 Å². The first-order valence-electron chi connectivity index (χ1n) is 8.96. The molecule has 1 saturated carbocycles. The molecular weight excluding hydrogens is 328 g/mol. The van der Waals surface area contributed by atoms with Crippen LogP contribution < -0.4 is 11.1 Å². The van der Waals surface area contributed by atoms with Crippen molar-refractivity contribution >= 4 is 5.91 Å². The fourth-order valence-electron chi connectivity index (χ4n) is 3.60. The monoisotopic (exact) mass is 350 g/mol. The van der Waals surface area contributed by atoms with E-state index in [1.165, 1.54) is 0 Å². The van der Waals surface area contributed by atoms with Crippen molar-refractivity contribution in [3.63, 3.8) is 0 Å². The van der Waals surface area contributed by atoms with Gasteiger partial charge in [-0.05, 0) is 49.6 Å². The number of para-hydroxylation sites is 1.